The Balaban J connectivity index is 1.89. The Morgan fingerprint density at radius 1 is 1.27 bits per heavy atom. The van der Waals surface area contributed by atoms with Crippen LogP contribution in [-0.2, 0) is 19.1 Å². The normalized spacial score (nSPS) is 35.8. The number of nitrogens with one attached hydrogen (secondary N) is 1. The third-order valence-corrected chi connectivity index (χ3v) is 7.91. The predicted molar refractivity (Wildman–Crippen MR) is 141 cm³/mol. The van der Waals surface area contributed by atoms with Crippen molar-refractivity contribution in [2.75, 3.05) is 6.61 Å². The van der Waals surface area contributed by atoms with Crippen LogP contribution in [0.25, 0.3) is 6.08 Å². The van der Waals surface area contributed by atoms with Crippen LogP contribution in [0.2, 0.25) is 0 Å². The fraction of sp³-hybridized carbons (Fsp3) is 0.621. The number of allylic oxidation sites excluding steroid dienone is 1. The number of carbonyl (C=O) groups excluding carboxylic acids is 2. The van der Waals surface area contributed by atoms with Crippen LogP contribution < -0.4 is 5.32 Å². The van der Waals surface area contributed by atoms with Gasteiger partial charge < -0.3 is 25.0 Å². The SMILES string of the molecule is C=CC[C@H]1C(=O)C(C)(C)[C@@H](O)CC(=O)N[C@H](C(C)=Cc2ccccn2)C[C@@H]2O[C@]2(C)CCO[C@H](C)[C@H]1O. The molecule has 2 saturated heterocycles. The molecule has 0 aliphatic carbocycles. The van der Waals surface area contributed by atoms with E-state index in [0.717, 1.165) is 11.3 Å². The lowest BCUT2D eigenvalue weighted by Gasteiger charge is -2.35. The highest BCUT2D eigenvalue weighted by Crippen LogP contribution is 2.43. The highest BCUT2D eigenvalue weighted by Gasteiger charge is 2.53. The highest BCUT2D eigenvalue weighted by atomic mass is 16.6. The van der Waals surface area contributed by atoms with E-state index in [2.05, 4.69) is 16.9 Å². The van der Waals surface area contributed by atoms with Crippen molar-refractivity contribution in [1.29, 1.82) is 0 Å². The van der Waals surface area contributed by atoms with Gasteiger partial charge in [-0.25, -0.2) is 0 Å². The summed E-state index contributed by atoms with van der Waals surface area (Å²) in [5.41, 5.74) is 0.0140. The Bertz CT molecular complexity index is 993. The van der Waals surface area contributed by atoms with E-state index in [1.54, 1.807) is 33.0 Å². The van der Waals surface area contributed by atoms with E-state index in [0.29, 0.717) is 19.4 Å². The summed E-state index contributed by atoms with van der Waals surface area (Å²) >= 11 is 0. The summed E-state index contributed by atoms with van der Waals surface area (Å²) < 4.78 is 12.0. The Morgan fingerprint density at radius 2 is 2.00 bits per heavy atom. The second-order valence-electron chi connectivity index (χ2n) is 11.2. The zero-order valence-electron chi connectivity index (χ0n) is 22.6. The minimum absolute atomic E-state index is 0.0851. The molecule has 1 aromatic rings. The molecule has 3 N–H and O–H groups in total. The molecule has 7 atom stereocenters. The quantitative estimate of drug-likeness (QED) is 0.417. The predicted octanol–water partition coefficient (Wildman–Crippen LogP) is 3.23. The van der Waals surface area contributed by atoms with Gasteiger partial charge in [-0.05, 0) is 51.0 Å². The number of fused-ring (bicyclic) bond motifs is 1. The highest BCUT2D eigenvalue weighted by molar-refractivity contribution is 5.88. The van der Waals surface area contributed by atoms with Gasteiger partial charge in [-0.2, -0.15) is 0 Å². The van der Waals surface area contributed by atoms with Crippen LogP contribution in [0.1, 0.15) is 66.0 Å². The first-order valence-corrected chi connectivity index (χ1v) is 13.1. The van der Waals surface area contributed by atoms with Crippen LogP contribution in [0, 0.1) is 11.3 Å². The summed E-state index contributed by atoms with van der Waals surface area (Å²) in [6.07, 6.45) is 3.36. The smallest absolute Gasteiger partial charge is 0.223 e. The van der Waals surface area contributed by atoms with Crippen molar-refractivity contribution in [3.05, 3.63) is 48.3 Å². The Labute approximate surface area is 220 Å². The molecule has 0 bridgehead atoms. The number of Topliss-reactive ketones (excluding diaryl/α,β-unsaturated/α-hetero) is 1. The number of hydrogen-bond donors (Lipinski definition) is 3. The molecule has 0 radical (unpaired) electrons. The molecule has 3 heterocycles. The zero-order valence-corrected chi connectivity index (χ0v) is 22.6. The van der Waals surface area contributed by atoms with Gasteiger partial charge in [0.15, 0.2) is 0 Å². The molecule has 8 nitrogen and oxygen atoms in total. The monoisotopic (exact) mass is 514 g/mol. The molecule has 204 valence electrons. The number of aliphatic hydroxyl groups is 2. The van der Waals surface area contributed by atoms with Crippen LogP contribution in [-0.4, -0.2) is 69.6 Å². The van der Waals surface area contributed by atoms with Gasteiger partial charge in [0.25, 0.3) is 0 Å². The third-order valence-electron chi connectivity index (χ3n) is 7.91. The van der Waals surface area contributed by atoms with Crippen molar-refractivity contribution in [2.45, 2.75) is 96.4 Å². The standard InChI is InChI=1S/C29H42N2O6/c1-7-10-21-26(34)19(3)36-14-12-29(6)24(37-29)16-22(18(2)15-20-11-8-9-13-30-20)31-25(33)17-23(32)28(4,5)27(21)35/h7-9,11,13,15,19,21-24,26,32,34H,1,10,12,14,16-17H2,2-6H3,(H,31,33)/t19-,21-,22+,23+,24+,26-,29-/m1/s1. The number of epoxide rings is 1. The number of nitrogens with zero attached hydrogens (tertiary/aromatic N) is 1. The number of amides is 1. The first kappa shape index (κ1) is 29.2. The number of carbonyl (C=O) groups is 2. The average Bonchev–Trinajstić information content (AvgIpc) is 3.49. The molecule has 0 spiro atoms. The van der Waals surface area contributed by atoms with E-state index in [1.165, 1.54) is 0 Å². The van der Waals surface area contributed by atoms with Crippen LogP contribution in [0.5, 0.6) is 0 Å². The number of pyridine rings is 1. The van der Waals surface area contributed by atoms with Crippen LogP contribution >= 0.6 is 0 Å². The first-order valence-electron chi connectivity index (χ1n) is 13.1. The second kappa shape index (κ2) is 12.0. The minimum atomic E-state index is -1.27. The van der Waals surface area contributed by atoms with E-state index in [1.807, 2.05) is 38.1 Å². The van der Waals surface area contributed by atoms with E-state index >= 15 is 0 Å². The molecule has 0 saturated carbocycles. The lowest BCUT2D eigenvalue weighted by molar-refractivity contribution is -0.147. The van der Waals surface area contributed by atoms with E-state index < -0.39 is 35.2 Å². The minimum Gasteiger partial charge on any atom is -0.392 e. The molecule has 0 unspecified atom stereocenters. The van der Waals surface area contributed by atoms with E-state index in [4.69, 9.17) is 9.47 Å². The lowest BCUT2D eigenvalue weighted by atomic mass is 9.72. The number of aromatic nitrogens is 1. The fourth-order valence-corrected chi connectivity index (χ4v) is 4.96. The summed E-state index contributed by atoms with van der Waals surface area (Å²) in [4.78, 5) is 31.0. The fourth-order valence-electron chi connectivity index (χ4n) is 4.96. The maximum absolute atomic E-state index is 13.5. The van der Waals surface area contributed by atoms with Crippen molar-refractivity contribution < 1.29 is 29.3 Å². The summed E-state index contributed by atoms with van der Waals surface area (Å²) in [5.74, 6) is -1.51. The third kappa shape index (κ3) is 7.13. The van der Waals surface area contributed by atoms with Crippen molar-refractivity contribution >= 4 is 17.8 Å². The van der Waals surface area contributed by atoms with Crippen molar-refractivity contribution in [3.8, 4) is 0 Å². The van der Waals surface area contributed by atoms with Crippen molar-refractivity contribution in [2.24, 2.45) is 11.3 Å². The van der Waals surface area contributed by atoms with Gasteiger partial charge in [0.2, 0.25) is 5.91 Å². The molecule has 0 aromatic carbocycles. The molecule has 2 aliphatic rings. The Kier molecular flexibility index (Phi) is 9.45. The number of aliphatic hydroxyl groups excluding tert-OH is 2. The Hall–Kier alpha value is -2.39. The van der Waals surface area contributed by atoms with Gasteiger partial charge >= 0.3 is 0 Å². The molecule has 37 heavy (non-hydrogen) atoms. The van der Waals surface area contributed by atoms with E-state index in [-0.39, 0.29) is 36.7 Å². The molecule has 2 aliphatic heterocycles. The number of ether oxygens (including phenoxy) is 2. The molecule has 8 heteroatoms. The van der Waals surface area contributed by atoms with Crippen molar-refractivity contribution in [1.82, 2.24) is 10.3 Å². The Morgan fingerprint density at radius 3 is 2.65 bits per heavy atom. The van der Waals surface area contributed by atoms with E-state index in [9.17, 15) is 19.8 Å². The van der Waals surface area contributed by atoms with Gasteiger partial charge in [-0.1, -0.05) is 26.0 Å². The van der Waals surface area contributed by atoms with Crippen LogP contribution in [0.15, 0.2) is 42.6 Å². The van der Waals surface area contributed by atoms with Gasteiger partial charge in [0.05, 0.1) is 59.5 Å². The molecule has 1 amide bonds. The summed E-state index contributed by atoms with van der Waals surface area (Å²) in [6, 6.07) is 5.30. The maximum Gasteiger partial charge on any atom is 0.223 e. The summed E-state index contributed by atoms with van der Waals surface area (Å²) in [5, 5.41) is 25.0. The largest absolute Gasteiger partial charge is 0.392 e. The number of hydrogen-bond acceptors (Lipinski definition) is 7. The number of ketones is 1. The summed E-state index contributed by atoms with van der Waals surface area (Å²) in [6.45, 7) is 13.0. The van der Waals surface area contributed by atoms with Crippen LogP contribution in [0.4, 0.5) is 0 Å². The maximum atomic E-state index is 13.5. The topological polar surface area (TPSA) is 121 Å². The van der Waals surface area contributed by atoms with Gasteiger partial charge in [0.1, 0.15) is 5.78 Å². The number of rotatable bonds is 4. The van der Waals surface area contributed by atoms with Crippen LogP contribution in [0.3, 0.4) is 0 Å². The molecule has 2 fully saturated rings. The van der Waals surface area contributed by atoms with Gasteiger partial charge in [-0.15, -0.1) is 6.58 Å². The average molecular weight is 515 g/mol. The molecular weight excluding hydrogens is 472 g/mol. The zero-order chi connectivity index (χ0) is 27.4. The van der Waals surface area contributed by atoms with Crippen molar-refractivity contribution in [3.63, 3.8) is 0 Å². The molecular formula is C29H42N2O6. The van der Waals surface area contributed by atoms with Gasteiger partial charge in [0, 0.05) is 25.6 Å². The molecule has 3 rings (SSSR count). The molecule has 1 aromatic heterocycles. The lowest BCUT2D eigenvalue weighted by Crippen LogP contribution is -2.49. The summed E-state index contributed by atoms with van der Waals surface area (Å²) in [7, 11) is 0. The first-order chi connectivity index (χ1) is 17.4. The van der Waals surface area contributed by atoms with Gasteiger partial charge in [-0.3, -0.25) is 14.6 Å². The second-order valence-corrected chi connectivity index (χ2v) is 11.2.